The second-order valence-corrected chi connectivity index (χ2v) is 4.97. The van der Waals surface area contributed by atoms with Crippen LogP contribution in [0.1, 0.15) is 16.8 Å². The lowest BCUT2D eigenvalue weighted by Crippen LogP contribution is -2.38. The lowest BCUT2D eigenvalue weighted by molar-refractivity contribution is -0.142. The first-order chi connectivity index (χ1) is 10.4. The highest BCUT2D eigenvalue weighted by molar-refractivity contribution is 5.87. The van der Waals surface area contributed by atoms with E-state index in [-0.39, 0.29) is 18.5 Å². The van der Waals surface area contributed by atoms with Crippen molar-refractivity contribution in [2.24, 2.45) is 5.92 Å². The van der Waals surface area contributed by atoms with Crippen molar-refractivity contribution in [1.82, 2.24) is 5.32 Å². The van der Waals surface area contributed by atoms with E-state index < -0.39 is 36.0 Å². The van der Waals surface area contributed by atoms with Crippen LogP contribution in [0.25, 0.3) is 0 Å². The molecule has 2 rings (SSSR count). The van der Waals surface area contributed by atoms with Crippen molar-refractivity contribution < 1.29 is 34.4 Å². The molecule has 1 aliphatic rings. The Kier molecular flexibility index (Phi) is 4.62. The lowest BCUT2D eigenvalue weighted by Gasteiger charge is -2.21. The predicted molar refractivity (Wildman–Crippen MR) is 73.0 cm³/mol. The van der Waals surface area contributed by atoms with Gasteiger partial charge in [-0.15, -0.1) is 0 Å². The number of carbonyl (C=O) groups is 3. The molecule has 0 aromatic heterocycles. The van der Waals surface area contributed by atoms with Gasteiger partial charge in [-0.05, 0) is 24.3 Å². The normalized spacial score (nSPS) is 23.9. The van der Waals surface area contributed by atoms with E-state index in [0.29, 0.717) is 5.75 Å². The molecule has 118 valence electrons. The van der Waals surface area contributed by atoms with Gasteiger partial charge in [-0.3, -0.25) is 9.59 Å². The summed E-state index contributed by atoms with van der Waals surface area (Å²) in [7, 11) is 0. The van der Waals surface area contributed by atoms with Gasteiger partial charge < -0.3 is 25.4 Å². The molecule has 0 aliphatic carbocycles. The molecule has 1 aliphatic heterocycles. The van der Waals surface area contributed by atoms with Gasteiger partial charge in [0.1, 0.15) is 17.9 Å². The summed E-state index contributed by atoms with van der Waals surface area (Å²) in [5.41, 5.74) is 0.0994. The standard InChI is InChI=1S/C14H15NO7/c16-11(17)5-9-10(6-15-12(9)14(20)21)22-8-3-1-7(2-4-8)13(18)19/h1-4,9-10,12,15H,5-6H2,(H,16,17)(H,18,19)(H,20,21). The maximum atomic E-state index is 11.1. The van der Waals surface area contributed by atoms with E-state index in [1.54, 1.807) is 0 Å². The Balaban J connectivity index is 2.11. The quantitative estimate of drug-likeness (QED) is 0.589. The fourth-order valence-electron chi connectivity index (χ4n) is 2.46. The first kappa shape index (κ1) is 15.8. The summed E-state index contributed by atoms with van der Waals surface area (Å²) in [5, 5.41) is 29.6. The molecule has 8 heteroatoms. The molecule has 1 heterocycles. The maximum Gasteiger partial charge on any atom is 0.335 e. The Morgan fingerprint density at radius 2 is 1.77 bits per heavy atom. The first-order valence-electron chi connectivity index (χ1n) is 6.56. The van der Waals surface area contributed by atoms with Gasteiger partial charge in [0.05, 0.1) is 12.0 Å². The van der Waals surface area contributed by atoms with Crippen molar-refractivity contribution in [2.75, 3.05) is 6.54 Å². The SMILES string of the molecule is O=C(O)CC1C(Oc2ccc(C(=O)O)cc2)CNC1C(=O)O. The molecule has 0 spiro atoms. The van der Waals surface area contributed by atoms with E-state index in [9.17, 15) is 14.4 Å². The summed E-state index contributed by atoms with van der Waals surface area (Å²) in [6.07, 6.45) is -0.949. The number of nitrogens with one attached hydrogen (secondary N) is 1. The summed E-state index contributed by atoms with van der Waals surface area (Å²) >= 11 is 0. The molecule has 0 amide bonds. The molecule has 4 N–H and O–H groups in total. The van der Waals surface area contributed by atoms with E-state index >= 15 is 0 Å². The van der Waals surface area contributed by atoms with Gasteiger partial charge in [0.15, 0.2) is 0 Å². The van der Waals surface area contributed by atoms with Crippen LogP contribution in [0.15, 0.2) is 24.3 Å². The fraction of sp³-hybridized carbons (Fsp3) is 0.357. The molecule has 0 saturated carbocycles. The number of ether oxygens (including phenoxy) is 1. The predicted octanol–water partition coefficient (Wildman–Crippen LogP) is 0.280. The topological polar surface area (TPSA) is 133 Å². The minimum absolute atomic E-state index is 0.0994. The van der Waals surface area contributed by atoms with Gasteiger partial charge in [-0.2, -0.15) is 0 Å². The molecular formula is C14H15NO7. The smallest absolute Gasteiger partial charge is 0.335 e. The number of aromatic carboxylic acids is 1. The van der Waals surface area contributed by atoms with E-state index in [2.05, 4.69) is 5.32 Å². The highest BCUT2D eigenvalue weighted by Crippen LogP contribution is 2.25. The van der Waals surface area contributed by atoms with E-state index in [0.717, 1.165) is 0 Å². The van der Waals surface area contributed by atoms with Crippen LogP contribution in [0.3, 0.4) is 0 Å². The number of hydrogen-bond acceptors (Lipinski definition) is 5. The van der Waals surface area contributed by atoms with E-state index in [1.165, 1.54) is 24.3 Å². The first-order valence-corrected chi connectivity index (χ1v) is 6.56. The highest BCUT2D eigenvalue weighted by Gasteiger charge is 2.42. The number of hydrogen-bond donors (Lipinski definition) is 4. The van der Waals surface area contributed by atoms with Gasteiger partial charge in [0, 0.05) is 12.5 Å². The molecule has 8 nitrogen and oxygen atoms in total. The van der Waals surface area contributed by atoms with Crippen molar-refractivity contribution >= 4 is 17.9 Å². The van der Waals surface area contributed by atoms with Crippen LogP contribution in [0.2, 0.25) is 0 Å². The highest BCUT2D eigenvalue weighted by atomic mass is 16.5. The average molecular weight is 309 g/mol. The number of benzene rings is 1. The summed E-state index contributed by atoms with van der Waals surface area (Å²) in [5.74, 6) is -3.65. The summed E-state index contributed by atoms with van der Waals surface area (Å²) in [6, 6.07) is 4.64. The largest absolute Gasteiger partial charge is 0.489 e. The van der Waals surface area contributed by atoms with Crippen LogP contribution < -0.4 is 10.1 Å². The summed E-state index contributed by atoms with van der Waals surface area (Å²) in [4.78, 5) is 32.8. The maximum absolute atomic E-state index is 11.1. The van der Waals surface area contributed by atoms with Gasteiger partial charge in [-0.25, -0.2) is 4.79 Å². The van der Waals surface area contributed by atoms with Crippen LogP contribution in [0.5, 0.6) is 5.75 Å². The van der Waals surface area contributed by atoms with Crippen LogP contribution in [-0.2, 0) is 9.59 Å². The number of aliphatic carboxylic acids is 2. The monoisotopic (exact) mass is 309 g/mol. The number of carboxylic acid groups (broad SMARTS) is 3. The van der Waals surface area contributed by atoms with Gasteiger partial charge in [0.2, 0.25) is 0 Å². The minimum Gasteiger partial charge on any atom is -0.489 e. The van der Waals surface area contributed by atoms with Crippen molar-refractivity contribution in [1.29, 1.82) is 0 Å². The molecule has 22 heavy (non-hydrogen) atoms. The second-order valence-electron chi connectivity index (χ2n) is 4.97. The Morgan fingerprint density at radius 3 is 2.27 bits per heavy atom. The number of carboxylic acids is 3. The van der Waals surface area contributed by atoms with Gasteiger partial charge in [-0.1, -0.05) is 0 Å². The summed E-state index contributed by atoms with van der Waals surface area (Å²) < 4.78 is 5.62. The molecule has 3 unspecified atom stereocenters. The van der Waals surface area contributed by atoms with Crippen LogP contribution in [0.4, 0.5) is 0 Å². The molecule has 0 radical (unpaired) electrons. The third-order valence-corrected chi connectivity index (χ3v) is 3.51. The Hall–Kier alpha value is -2.61. The van der Waals surface area contributed by atoms with E-state index in [1.807, 2.05) is 0 Å². The fourth-order valence-corrected chi connectivity index (χ4v) is 2.46. The Labute approximate surface area is 125 Å². The van der Waals surface area contributed by atoms with Gasteiger partial charge in [0.25, 0.3) is 0 Å². The van der Waals surface area contributed by atoms with Crippen molar-refractivity contribution in [3.8, 4) is 5.75 Å². The zero-order valence-electron chi connectivity index (χ0n) is 11.4. The molecule has 1 aromatic carbocycles. The average Bonchev–Trinajstić information content (AvgIpc) is 2.82. The third kappa shape index (κ3) is 3.53. The second kappa shape index (κ2) is 6.44. The minimum atomic E-state index is -1.13. The van der Waals surface area contributed by atoms with Crippen LogP contribution >= 0.6 is 0 Å². The molecule has 3 atom stereocenters. The zero-order chi connectivity index (χ0) is 16.3. The molecular weight excluding hydrogens is 294 g/mol. The molecule has 1 fully saturated rings. The van der Waals surface area contributed by atoms with Crippen LogP contribution in [-0.4, -0.2) is 51.9 Å². The zero-order valence-corrected chi connectivity index (χ0v) is 11.4. The Morgan fingerprint density at radius 1 is 1.14 bits per heavy atom. The van der Waals surface area contributed by atoms with Crippen molar-refractivity contribution in [2.45, 2.75) is 18.6 Å². The molecule has 0 bridgehead atoms. The molecule has 1 aromatic rings. The van der Waals surface area contributed by atoms with E-state index in [4.69, 9.17) is 20.1 Å². The van der Waals surface area contributed by atoms with Crippen molar-refractivity contribution in [3.63, 3.8) is 0 Å². The van der Waals surface area contributed by atoms with Gasteiger partial charge >= 0.3 is 17.9 Å². The summed E-state index contributed by atoms with van der Waals surface area (Å²) in [6.45, 7) is 0.204. The number of rotatable bonds is 6. The van der Waals surface area contributed by atoms with Crippen LogP contribution in [0, 0.1) is 5.92 Å². The lowest BCUT2D eigenvalue weighted by atomic mass is 9.94. The van der Waals surface area contributed by atoms with Crippen molar-refractivity contribution in [3.05, 3.63) is 29.8 Å². The molecule has 1 saturated heterocycles. The Bertz CT molecular complexity index is 583. The third-order valence-electron chi connectivity index (χ3n) is 3.51.